The molecule has 2 aromatic heterocycles. The molecule has 2 saturated heterocycles. The van der Waals surface area contributed by atoms with Gasteiger partial charge in [-0.1, -0.05) is 88.4 Å². The van der Waals surface area contributed by atoms with Gasteiger partial charge in [0.25, 0.3) is 5.91 Å². The van der Waals surface area contributed by atoms with E-state index < -0.39 is 18.2 Å². The van der Waals surface area contributed by atoms with Gasteiger partial charge in [-0.05, 0) is 120 Å². The first-order chi connectivity index (χ1) is 31.4. The van der Waals surface area contributed by atoms with Crippen LogP contribution < -0.4 is 10.7 Å². The van der Waals surface area contributed by atoms with Crippen LogP contribution >= 0.6 is 0 Å². The molecule has 4 aliphatic rings. The lowest BCUT2D eigenvalue weighted by Crippen LogP contribution is -2.51. The second-order valence-corrected chi connectivity index (χ2v) is 19.1. The van der Waals surface area contributed by atoms with E-state index in [9.17, 15) is 19.3 Å². The Bertz CT molecular complexity index is 2590. The molecule has 0 bridgehead atoms. The van der Waals surface area contributed by atoms with Crippen LogP contribution in [0.3, 0.4) is 0 Å². The fourth-order valence-electron chi connectivity index (χ4n) is 11.2. The summed E-state index contributed by atoms with van der Waals surface area (Å²) >= 11 is 0. The number of methoxy groups -OCH3 is 1. The van der Waals surface area contributed by atoms with Gasteiger partial charge in [0.2, 0.25) is 5.91 Å². The molecule has 15 nitrogen and oxygen atoms in total. The number of amides is 3. The van der Waals surface area contributed by atoms with Crippen molar-refractivity contribution in [1.29, 1.82) is 0 Å². The van der Waals surface area contributed by atoms with E-state index in [1.165, 1.54) is 67.7 Å². The molecule has 0 radical (unpaired) electrons. The third-order valence-electron chi connectivity index (χ3n) is 14.6. The van der Waals surface area contributed by atoms with Crippen molar-refractivity contribution in [3.05, 3.63) is 88.5 Å². The number of ether oxygens (including phenoxy) is 1. The second-order valence-electron chi connectivity index (χ2n) is 19.1. The van der Waals surface area contributed by atoms with E-state index >= 15 is 0 Å². The van der Waals surface area contributed by atoms with E-state index in [-0.39, 0.29) is 46.2 Å². The molecule has 2 aliphatic carbocycles. The summed E-state index contributed by atoms with van der Waals surface area (Å²) in [5.74, 6) is 1.01. The van der Waals surface area contributed by atoms with Crippen LogP contribution in [0.4, 0.5) is 4.79 Å². The van der Waals surface area contributed by atoms with Crippen LogP contribution in [-0.2, 0) is 31.0 Å². The summed E-state index contributed by atoms with van der Waals surface area (Å²) in [6, 6.07) is 18.0. The number of nitrogens with one attached hydrogen (secondary N) is 4. The van der Waals surface area contributed by atoms with Crippen LogP contribution in [0.25, 0.3) is 44.5 Å². The van der Waals surface area contributed by atoms with Crippen LogP contribution in [0, 0.1) is 16.7 Å². The summed E-state index contributed by atoms with van der Waals surface area (Å²) in [6.45, 7) is 8.85. The first-order valence-electron chi connectivity index (χ1n) is 23.4. The Balaban J connectivity index is 0.973. The summed E-state index contributed by atoms with van der Waals surface area (Å²) in [5.41, 5.74) is 14.4. The lowest BCUT2D eigenvalue weighted by Gasteiger charge is -2.30. The average Bonchev–Trinajstić information content (AvgIpc) is 4.18. The number of benzene rings is 3. The number of hydrazine groups is 1. The lowest BCUT2D eigenvalue weighted by atomic mass is 9.76. The molecule has 4 N–H and O–H groups in total. The number of aromatic amines is 2. The highest BCUT2D eigenvalue weighted by atomic mass is 16.8. The lowest BCUT2D eigenvalue weighted by molar-refractivity contribution is -0.839. The maximum absolute atomic E-state index is 13.8. The van der Waals surface area contributed by atoms with Crippen molar-refractivity contribution in [2.45, 2.75) is 121 Å². The number of H-pyrrole nitrogens is 2. The number of alkyl carbamates (subject to hydrolysis) is 1. The number of carbonyl (C=O) groups excluding carboxylic acids is 3. The Morgan fingerprint density at radius 3 is 2.06 bits per heavy atom. The van der Waals surface area contributed by atoms with Crippen LogP contribution in [0.2, 0.25) is 0 Å². The second kappa shape index (κ2) is 18.0. The Morgan fingerprint density at radius 2 is 1.40 bits per heavy atom. The van der Waals surface area contributed by atoms with Gasteiger partial charge in [0.1, 0.15) is 22.6 Å². The molecule has 65 heavy (non-hydrogen) atoms. The van der Waals surface area contributed by atoms with Gasteiger partial charge in [-0.2, -0.15) is 0 Å². The maximum atomic E-state index is 13.8. The largest absolute Gasteiger partial charge is 0.453 e. The number of hydrogen-bond acceptors (Lipinski definition) is 8. The van der Waals surface area contributed by atoms with E-state index in [1.54, 1.807) is 0 Å². The molecule has 3 fully saturated rings. The normalized spacial score (nSPS) is 19.9. The number of rotatable bonds is 13. The van der Waals surface area contributed by atoms with Gasteiger partial charge in [-0.25, -0.2) is 19.6 Å². The van der Waals surface area contributed by atoms with Gasteiger partial charge < -0.3 is 29.8 Å². The highest BCUT2D eigenvalue weighted by molar-refractivity contribution is 5.88. The number of likely N-dealkylation sites (tertiary alicyclic amines) is 2. The van der Waals surface area contributed by atoms with E-state index in [0.717, 1.165) is 78.0 Å². The van der Waals surface area contributed by atoms with Gasteiger partial charge in [-0.3, -0.25) is 9.59 Å². The highest BCUT2D eigenvalue weighted by Crippen LogP contribution is 2.55. The summed E-state index contributed by atoms with van der Waals surface area (Å²) in [4.78, 5) is 77.0. The van der Waals surface area contributed by atoms with E-state index in [1.807, 2.05) is 43.7 Å². The third-order valence-corrected chi connectivity index (χ3v) is 14.6. The first-order valence-corrected chi connectivity index (χ1v) is 23.4. The van der Waals surface area contributed by atoms with Crippen LogP contribution in [0.1, 0.15) is 120 Å². The molecule has 9 rings (SSSR count). The molecule has 15 heteroatoms. The highest BCUT2D eigenvalue weighted by Gasteiger charge is 2.44. The fraction of sp³-hybridized carbons (Fsp3) is 0.500. The summed E-state index contributed by atoms with van der Waals surface area (Å²) in [6.07, 6.45) is 11.6. The van der Waals surface area contributed by atoms with Gasteiger partial charge in [-0.15, -0.1) is 0 Å². The van der Waals surface area contributed by atoms with Gasteiger partial charge >= 0.3 is 11.1 Å². The van der Waals surface area contributed by atoms with Gasteiger partial charge in [0.05, 0.1) is 42.1 Å². The Kier molecular flexibility index (Phi) is 12.2. The molecule has 4 unspecified atom stereocenters. The number of hydrogen-bond donors (Lipinski definition) is 4. The standard InChI is InChI=1S/C50H61N9O6/c1-29(2)43(55-49(62)64-5)47(60)57-25-9-11-40(57)45-51-28-39(54-45)32-15-13-31(14-16-32)34-18-19-35(42-36(34)21-24-50(42)22-7-8-23-50)33-17-20-37-38(27-33)53-46(52-37)41-12-10-26-58(41)48(61)44(30(3)4)56-59(63)65-6/h13-20,27-30,40-41,43-44H,7-12,21-26H2,1-6H3,(H3-,51,52,53,54,55,56,62,63)/p+1. The molecule has 1 spiro atoms. The van der Waals surface area contributed by atoms with Crippen molar-refractivity contribution >= 4 is 28.9 Å². The molecule has 1 saturated carbocycles. The van der Waals surface area contributed by atoms with E-state index in [0.29, 0.717) is 13.1 Å². The topological polar surface area (TPSA) is 178 Å². The zero-order chi connectivity index (χ0) is 45.6. The summed E-state index contributed by atoms with van der Waals surface area (Å²) in [7, 11) is 2.57. The molecule has 4 heterocycles. The molecular formula is C50H62N9O6+. The number of fused-ring (bicyclic) bond motifs is 3. The summed E-state index contributed by atoms with van der Waals surface area (Å²) in [5, 5.41) is 2.98. The van der Waals surface area contributed by atoms with Crippen molar-refractivity contribution in [2.75, 3.05) is 27.3 Å². The van der Waals surface area contributed by atoms with Crippen LogP contribution in [0.5, 0.6) is 0 Å². The monoisotopic (exact) mass is 884 g/mol. The Morgan fingerprint density at radius 1 is 0.769 bits per heavy atom. The molecule has 3 amide bonds. The predicted octanol–water partition coefficient (Wildman–Crippen LogP) is 8.62. The minimum absolute atomic E-state index is 0.104. The SMILES string of the molecule is COC(=O)NC(C(=O)N1CCCC1c1ncc(-c2ccc(-c3ccc(-c4ccc5nc(C6CCCN6C(=O)C(N[N+](=O)OC)C(C)C)[nH]c5c4)c4c3CCC43CCCC3)cc2)[nH]1)C(C)C. The van der Waals surface area contributed by atoms with Gasteiger partial charge in [0, 0.05) is 13.1 Å². The minimum atomic E-state index is -0.726. The Labute approximate surface area is 379 Å². The van der Waals surface area contributed by atoms with Crippen molar-refractivity contribution in [3.63, 3.8) is 0 Å². The van der Waals surface area contributed by atoms with Gasteiger partial charge in [0.15, 0.2) is 13.2 Å². The molecule has 342 valence electrons. The first kappa shape index (κ1) is 44.0. The van der Waals surface area contributed by atoms with Crippen LogP contribution in [-0.4, -0.2) is 92.1 Å². The average molecular weight is 885 g/mol. The Hall–Kier alpha value is -6.25. The summed E-state index contributed by atoms with van der Waals surface area (Å²) < 4.78 is 4.80. The molecular weight excluding hydrogens is 823 g/mol. The zero-order valence-corrected chi connectivity index (χ0v) is 38.4. The molecule has 5 aromatic rings. The molecule has 2 aliphatic heterocycles. The minimum Gasteiger partial charge on any atom is -0.453 e. The molecule has 3 aromatic carbocycles. The molecule has 4 atom stereocenters. The van der Waals surface area contributed by atoms with Crippen molar-refractivity contribution < 1.29 is 29.0 Å². The quantitative estimate of drug-likeness (QED) is 0.0843. The van der Waals surface area contributed by atoms with Crippen molar-refractivity contribution in [3.8, 4) is 33.5 Å². The number of nitrogens with zero attached hydrogens (tertiary/aromatic N) is 5. The smallest absolute Gasteiger partial charge is 0.407 e. The number of aromatic nitrogens is 4. The van der Waals surface area contributed by atoms with E-state index in [4.69, 9.17) is 19.5 Å². The van der Waals surface area contributed by atoms with Crippen molar-refractivity contribution in [2.24, 2.45) is 11.8 Å². The number of imidazole rings is 2. The predicted molar refractivity (Wildman–Crippen MR) is 247 cm³/mol. The van der Waals surface area contributed by atoms with Crippen LogP contribution in [0.15, 0.2) is 60.8 Å². The third kappa shape index (κ3) is 8.22. The fourth-order valence-corrected chi connectivity index (χ4v) is 11.2. The maximum Gasteiger partial charge on any atom is 0.407 e. The number of carbonyl (C=O) groups is 3. The zero-order valence-electron chi connectivity index (χ0n) is 38.4. The van der Waals surface area contributed by atoms with E-state index in [2.05, 4.69) is 75.3 Å². The van der Waals surface area contributed by atoms with Crippen molar-refractivity contribution in [1.82, 2.24) is 40.5 Å².